The van der Waals surface area contributed by atoms with E-state index >= 15 is 0 Å². The molecule has 0 aromatic heterocycles. The Kier molecular flexibility index (Phi) is 8.68. The van der Waals surface area contributed by atoms with Gasteiger partial charge in [-0.3, -0.25) is 9.59 Å². The van der Waals surface area contributed by atoms with Gasteiger partial charge in [0.05, 0.1) is 20.2 Å². The molecule has 1 aromatic rings. The highest BCUT2D eigenvalue weighted by atomic mass is 16.5. The van der Waals surface area contributed by atoms with Crippen LogP contribution in [-0.4, -0.2) is 50.1 Å². The second kappa shape index (κ2) is 10.5. The van der Waals surface area contributed by atoms with Crippen molar-refractivity contribution in [1.29, 1.82) is 0 Å². The van der Waals surface area contributed by atoms with Gasteiger partial charge in [-0.25, -0.2) is 0 Å². The Labute approximate surface area is 144 Å². The molecule has 1 aromatic carbocycles. The van der Waals surface area contributed by atoms with E-state index in [-0.39, 0.29) is 18.4 Å². The van der Waals surface area contributed by atoms with Gasteiger partial charge in [-0.05, 0) is 36.6 Å². The summed E-state index contributed by atoms with van der Waals surface area (Å²) in [6.45, 7) is 7.11. The topological polar surface area (TPSA) is 67.9 Å². The van der Waals surface area contributed by atoms with Crippen molar-refractivity contribution in [3.05, 3.63) is 24.3 Å². The molecule has 0 saturated heterocycles. The van der Waals surface area contributed by atoms with E-state index in [0.29, 0.717) is 31.4 Å². The van der Waals surface area contributed by atoms with Crippen LogP contribution < -0.4 is 14.8 Å². The molecule has 6 heteroatoms. The first-order valence-electron chi connectivity index (χ1n) is 8.21. The van der Waals surface area contributed by atoms with Crippen molar-refractivity contribution in [2.24, 2.45) is 5.92 Å². The summed E-state index contributed by atoms with van der Waals surface area (Å²) >= 11 is 0. The van der Waals surface area contributed by atoms with Gasteiger partial charge in [-0.2, -0.15) is 0 Å². The number of carbonyl (C=O) groups is 2. The molecule has 0 aliphatic rings. The third-order valence-corrected chi connectivity index (χ3v) is 3.51. The van der Waals surface area contributed by atoms with Crippen LogP contribution in [-0.2, 0) is 9.59 Å². The van der Waals surface area contributed by atoms with E-state index in [2.05, 4.69) is 19.2 Å². The van der Waals surface area contributed by atoms with Crippen molar-refractivity contribution in [3.8, 4) is 11.5 Å². The molecule has 0 unspecified atom stereocenters. The molecular weight excluding hydrogens is 308 g/mol. The SMILES string of the molecule is COc1ccc(OCCNC(=O)CN(CCC(C)C)C(C)=O)cc1. The fourth-order valence-corrected chi connectivity index (χ4v) is 2.02. The summed E-state index contributed by atoms with van der Waals surface area (Å²) in [5, 5.41) is 2.77. The van der Waals surface area contributed by atoms with Crippen molar-refractivity contribution in [2.45, 2.75) is 27.2 Å². The molecule has 0 spiro atoms. The Bertz CT molecular complexity index is 514. The maximum absolute atomic E-state index is 11.9. The number of ether oxygens (including phenoxy) is 2. The van der Waals surface area contributed by atoms with Crippen LogP contribution in [0.1, 0.15) is 27.2 Å². The summed E-state index contributed by atoms with van der Waals surface area (Å²) in [7, 11) is 1.61. The quantitative estimate of drug-likeness (QED) is 0.664. The van der Waals surface area contributed by atoms with Crippen molar-refractivity contribution in [2.75, 3.05) is 33.4 Å². The summed E-state index contributed by atoms with van der Waals surface area (Å²) < 4.78 is 10.6. The Morgan fingerprint density at radius 3 is 2.33 bits per heavy atom. The Morgan fingerprint density at radius 1 is 1.17 bits per heavy atom. The first-order chi connectivity index (χ1) is 11.4. The summed E-state index contributed by atoms with van der Waals surface area (Å²) in [6.07, 6.45) is 0.882. The molecule has 1 rings (SSSR count). The lowest BCUT2D eigenvalue weighted by molar-refractivity contribution is -0.134. The van der Waals surface area contributed by atoms with Gasteiger partial charge in [0.25, 0.3) is 0 Å². The lowest BCUT2D eigenvalue weighted by Gasteiger charge is -2.21. The van der Waals surface area contributed by atoms with Crippen molar-refractivity contribution in [1.82, 2.24) is 10.2 Å². The maximum atomic E-state index is 11.9. The van der Waals surface area contributed by atoms with E-state index in [1.165, 1.54) is 6.92 Å². The average molecular weight is 336 g/mol. The van der Waals surface area contributed by atoms with Crippen molar-refractivity contribution >= 4 is 11.8 Å². The number of benzene rings is 1. The summed E-state index contributed by atoms with van der Waals surface area (Å²) in [6, 6.07) is 7.24. The predicted molar refractivity (Wildman–Crippen MR) is 93.2 cm³/mol. The highest BCUT2D eigenvalue weighted by Gasteiger charge is 2.13. The molecule has 0 bridgehead atoms. The zero-order valence-corrected chi connectivity index (χ0v) is 15.0. The van der Waals surface area contributed by atoms with E-state index in [4.69, 9.17) is 9.47 Å². The molecule has 0 aliphatic heterocycles. The largest absolute Gasteiger partial charge is 0.497 e. The lowest BCUT2D eigenvalue weighted by Crippen LogP contribution is -2.41. The monoisotopic (exact) mass is 336 g/mol. The fourth-order valence-electron chi connectivity index (χ4n) is 2.02. The van der Waals surface area contributed by atoms with Gasteiger partial charge in [0.15, 0.2) is 0 Å². The van der Waals surface area contributed by atoms with Crippen LogP contribution in [0.5, 0.6) is 11.5 Å². The van der Waals surface area contributed by atoms with Crippen molar-refractivity contribution in [3.63, 3.8) is 0 Å². The van der Waals surface area contributed by atoms with Gasteiger partial charge >= 0.3 is 0 Å². The van der Waals surface area contributed by atoms with Crippen LogP contribution in [0, 0.1) is 5.92 Å². The van der Waals surface area contributed by atoms with Gasteiger partial charge < -0.3 is 19.7 Å². The standard InChI is InChI=1S/C18H28N2O4/c1-14(2)9-11-20(15(3)21)13-18(22)19-10-12-24-17-7-5-16(23-4)6-8-17/h5-8,14H,9-13H2,1-4H3,(H,19,22). The number of nitrogens with zero attached hydrogens (tertiary/aromatic N) is 1. The molecule has 0 saturated carbocycles. The summed E-state index contributed by atoms with van der Waals surface area (Å²) in [5.41, 5.74) is 0. The minimum atomic E-state index is -0.174. The molecule has 0 heterocycles. The van der Waals surface area contributed by atoms with Crippen LogP contribution in [0.25, 0.3) is 0 Å². The molecule has 6 nitrogen and oxygen atoms in total. The third kappa shape index (κ3) is 7.85. The first-order valence-corrected chi connectivity index (χ1v) is 8.21. The van der Waals surface area contributed by atoms with Gasteiger partial charge in [-0.1, -0.05) is 13.8 Å². The van der Waals surface area contributed by atoms with Gasteiger partial charge in [0.1, 0.15) is 18.1 Å². The number of carbonyl (C=O) groups excluding carboxylic acids is 2. The second-order valence-electron chi connectivity index (χ2n) is 6.00. The average Bonchev–Trinajstić information content (AvgIpc) is 2.55. The van der Waals surface area contributed by atoms with Gasteiger partial charge in [-0.15, -0.1) is 0 Å². The second-order valence-corrected chi connectivity index (χ2v) is 6.00. The molecule has 1 N–H and O–H groups in total. The highest BCUT2D eigenvalue weighted by Crippen LogP contribution is 2.16. The van der Waals surface area contributed by atoms with Crippen LogP contribution >= 0.6 is 0 Å². The molecule has 0 fully saturated rings. The third-order valence-electron chi connectivity index (χ3n) is 3.51. The highest BCUT2D eigenvalue weighted by molar-refractivity contribution is 5.83. The van der Waals surface area contributed by atoms with Crippen molar-refractivity contribution < 1.29 is 19.1 Å². The molecule has 2 amide bonds. The van der Waals surface area contributed by atoms with E-state index in [1.54, 1.807) is 12.0 Å². The first kappa shape index (κ1) is 19.8. The minimum Gasteiger partial charge on any atom is -0.497 e. The summed E-state index contributed by atoms with van der Waals surface area (Å²) in [5.74, 6) is 1.72. The van der Waals surface area contributed by atoms with E-state index in [0.717, 1.165) is 12.2 Å². The van der Waals surface area contributed by atoms with Crippen LogP contribution in [0.3, 0.4) is 0 Å². The number of rotatable bonds is 10. The molecule has 134 valence electrons. The molecule has 24 heavy (non-hydrogen) atoms. The van der Waals surface area contributed by atoms with E-state index < -0.39 is 0 Å². The predicted octanol–water partition coefficient (Wildman–Crippen LogP) is 2.08. The van der Waals surface area contributed by atoms with Crippen LogP contribution in [0.15, 0.2) is 24.3 Å². The molecular formula is C18H28N2O4. The Balaban J connectivity index is 2.27. The number of amides is 2. The number of hydrogen-bond donors (Lipinski definition) is 1. The molecule has 0 atom stereocenters. The zero-order valence-electron chi connectivity index (χ0n) is 15.0. The van der Waals surface area contributed by atoms with E-state index in [1.807, 2.05) is 24.3 Å². The zero-order chi connectivity index (χ0) is 17.9. The van der Waals surface area contributed by atoms with E-state index in [9.17, 15) is 9.59 Å². The fraction of sp³-hybridized carbons (Fsp3) is 0.556. The number of methoxy groups -OCH3 is 1. The van der Waals surface area contributed by atoms with Gasteiger partial charge in [0, 0.05) is 13.5 Å². The Hall–Kier alpha value is -2.24. The molecule has 0 aliphatic carbocycles. The van der Waals surface area contributed by atoms with Crippen LogP contribution in [0.2, 0.25) is 0 Å². The number of hydrogen-bond acceptors (Lipinski definition) is 4. The van der Waals surface area contributed by atoms with Crippen LogP contribution in [0.4, 0.5) is 0 Å². The number of nitrogens with one attached hydrogen (secondary N) is 1. The lowest BCUT2D eigenvalue weighted by atomic mass is 10.1. The Morgan fingerprint density at radius 2 is 1.79 bits per heavy atom. The van der Waals surface area contributed by atoms with Gasteiger partial charge in [0.2, 0.25) is 11.8 Å². The molecule has 0 radical (unpaired) electrons. The minimum absolute atomic E-state index is 0.0831. The smallest absolute Gasteiger partial charge is 0.239 e. The normalized spacial score (nSPS) is 10.4. The maximum Gasteiger partial charge on any atom is 0.239 e. The summed E-state index contributed by atoms with van der Waals surface area (Å²) in [4.78, 5) is 25.1.